The first-order chi connectivity index (χ1) is 15.6. The maximum Gasteiger partial charge on any atom is 0.314 e. The summed E-state index contributed by atoms with van der Waals surface area (Å²) < 4.78 is 16.9. The summed E-state index contributed by atoms with van der Waals surface area (Å²) in [6.45, 7) is 2.89. The highest BCUT2D eigenvalue weighted by Gasteiger charge is 2.28. The van der Waals surface area contributed by atoms with E-state index in [4.69, 9.17) is 14.2 Å². The summed E-state index contributed by atoms with van der Waals surface area (Å²) in [6, 6.07) is 13.9. The van der Waals surface area contributed by atoms with Crippen LogP contribution in [0.1, 0.15) is 74.8 Å². The number of hydrogen-bond acceptors (Lipinski definition) is 4. The lowest BCUT2D eigenvalue weighted by Gasteiger charge is -2.27. The normalized spacial score (nSPS) is 21.7. The van der Waals surface area contributed by atoms with Gasteiger partial charge in [0.05, 0.1) is 19.6 Å². The van der Waals surface area contributed by atoms with Crippen molar-refractivity contribution >= 4 is 5.97 Å². The minimum absolute atomic E-state index is 0.0233. The zero-order valence-electron chi connectivity index (χ0n) is 19.5. The molecule has 0 amide bonds. The van der Waals surface area contributed by atoms with Gasteiger partial charge in [0.2, 0.25) is 0 Å². The van der Waals surface area contributed by atoms with Gasteiger partial charge in [-0.2, -0.15) is 0 Å². The molecule has 0 aromatic heterocycles. The Balaban J connectivity index is 1.22. The van der Waals surface area contributed by atoms with Gasteiger partial charge in [-0.3, -0.25) is 4.79 Å². The third kappa shape index (κ3) is 5.85. The Bertz CT molecular complexity index is 875. The first-order valence-electron chi connectivity index (χ1n) is 12.2. The molecule has 0 aliphatic heterocycles. The minimum atomic E-state index is -0.122. The molecule has 2 aromatic carbocycles. The van der Waals surface area contributed by atoms with Crippen LogP contribution in [0.25, 0.3) is 0 Å². The first-order valence-corrected chi connectivity index (χ1v) is 12.2. The maximum atomic E-state index is 12.5. The second-order valence-corrected chi connectivity index (χ2v) is 9.49. The lowest BCUT2D eigenvalue weighted by molar-refractivity contribution is -0.140. The largest absolute Gasteiger partial charge is 0.497 e. The van der Waals surface area contributed by atoms with E-state index in [1.54, 1.807) is 31.4 Å². The van der Waals surface area contributed by atoms with Crippen molar-refractivity contribution in [2.24, 2.45) is 11.8 Å². The summed E-state index contributed by atoms with van der Waals surface area (Å²) in [5.41, 5.74) is 2.72. The van der Waals surface area contributed by atoms with Crippen LogP contribution in [0.3, 0.4) is 0 Å². The van der Waals surface area contributed by atoms with E-state index in [9.17, 15) is 4.79 Å². The molecule has 0 N–H and O–H groups in total. The van der Waals surface area contributed by atoms with Crippen molar-refractivity contribution in [3.8, 4) is 17.2 Å². The number of methoxy groups -OCH3 is 1. The number of carbonyl (C=O) groups is 1. The van der Waals surface area contributed by atoms with E-state index < -0.39 is 0 Å². The number of benzene rings is 2. The standard InChI is InChI=1S/C28H36O4/c1-20-18-24(22-6-4-3-5-7-22)12-17-27(20)31-19-21-8-10-23(11-9-21)28(29)32-26-15-13-25(30-2)14-16-26/h12-18,21-23H,3-11,19H2,1-2H3. The molecule has 4 nitrogen and oxygen atoms in total. The Hall–Kier alpha value is -2.49. The fourth-order valence-corrected chi connectivity index (χ4v) is 5.14. The third-order valence-electron chi connectivity index (χ3n) is 7.21. The number of ether oxygens (including phenoxy) is 3. The van der Waals surface area contributed by atoms with Crippen LogP contribution in [0.2, 0.25) is 0 Å². The summed E-state index contributed by atoms with van der Waals surface area (Å²) >= 11 is 0. The van der Waals surface area contributed by atoms with Gasteiger partial charge in [-0.15, -0.1) is 0 Å². The van der Waals surface area contributed by atoms with E-state index in [0.717, 1.165) is 49.7 Å². The predicted molar refractivity (Wildman–Crippen MR) is 127 cm³/mol. The quantitative estimate of drug-likeness (QED) is 0.352. The predicted octanol–water partition coefficient (Wildman–Crippen LogP) is 6.84. The van der Waals surface area contributed by atoms with Crippen molar-refractivity contribution in [3.63, 3.8) is 0 Å². The molecule has 0 unspecified atom stereocenters. The lowest BCUT2D eigenvalue weighted by atomic mass is 9.82. The SMILES string of the molecule is COc1ccc(OC(=O)C2CCC(COc3ccc(C4CCCCC4)cc3C)CC2)cc1. The number of carbonyl (C=O) groups excluding carboxylic acids is 1. The van der Waals surface area contributed by atoms with E-state index in [2.05, 4.69) is 25.1 Å². The number of rotatable bonds is 7. The van der Waals surface area contributed by atoms with E-state index in [1.165, 1.54) is 43.2 Å². The summed E-state index contributed by atoms with van der Waals surface area (Å²) in [4.78, 5) is 12.5. The van der Waals surface area contributed by atoms with Crippen LogP contribution in [0.4, 0.5) is 0 Å². The molecule has 4 heteroatoms. The number of aryl methyl sites for hydroxylation is 1. The van der Waals surface area contributed by atoms with E-state index in [1.807, 2.05) is 0 Å². The van der Waals surface area contributed by atoms with Crippen LogP contribution >= 0.6 is 0 Å². The zero-order chi connectivity index (χ0) is 22.3. The van der Waals surface area contributed by atoms with Crippen LogP contribution in [0, 0.1) is 18.8 Å². The molecule has 0 bridgehead atoms. The molecule has 0 saturated heterocycles. The molecule has 2 aliphatic rings. The second kappa shape index (κ2) is 10.9. The Labute approximate surface area is 192 Å². The van der Waals surface area contributed by atoms with Crippen LogP contribution in [-0.2, 0) is 4.79 Å². The zero-order valence-corrected chi connectivity index (χ0v) is 19.5. The molecular weight excluding hydrogens is 400 g/mol. The highest BCUT2D eigenvalue weighted by Crippen LogP contribution is 2.35. The highest BCUT2D eigenvalue weighted by atomic mass is 16.5. The van der Waals surface area contributed by atoms with Crippen molar-refractivity contribution < 1.29 is 19.0 Å². The summed E-state index contributed by atoms with van der Waals surface area (Å²) in [5, 5.41) is 0. The highest BCUT2D eigenvalue weighted by molar-refractivity contribution is 5.75. The molecular formula is C28H36O4. The van der Waals surface area contributed by atoms with Crippen LogP contribution < -0.4 is 14.2 Å². The smallest absolute Gasteiger partial charge is 0.314 e. The van der Waals surface area contributed by atoms with Gasteiger partial charge in [-0.1, -0.05) is 31.4 Å². The van der Waals surface area contributed by atoms with Gasteiger partial charge in [0.25, 0.3) is 0 Å². The molecule has 2 aliphatic carbocycles. The van der Waals surface area contributed by atoms with Gasteiger partial charge in [0.1, 0.15) is 17.2 Å². The van der Waals surface area contributed by atoms with Crippen LogP contribution in [0.5, 0.6) is 17.2 Å². The maximum absolute atomic E-state index is 12.5. The van der Waals surface area contributed by atoms with Crippen molar-refractivity contribution in [1.82, 2.24) is 0 Å². The van der Waals surface area contributed by atoms with Crippen LogP contribution in [0.15, 0.2) is 42.5 Å². The van der Waals surface area contributed by atoms with E-state index in [0.29, 0.717) is 11.7 Å². The molecule has 0 heterocycles. The van der Waals surface area contributed by atoms with Crippen molar-refractivity contribution in [2.75, 3.05) is 13.7 Å². The fourth-order valence-electron chi connectivity index (χ4n) is 5.14. The molecule has 0 spiro atoms. The number of hydrogen-bond donors (Lipinski definition) is 0. The lowest BCUT2D eigenvalue weighted by Crippen LogP contribution is -2.27. The minimum Gasteiger partial charge on any atom is -0.497 e. The Morgan fingerprint density at radius 1 is 0.875 bits per heavy atom. The average Bonchev–Trinajstić information content (AvgIpc) is 2.84. The second-order valence-electron chi connectivity index (χ2n) is 9.49. The molecule has 2 aromatic rings. The van der Waals surface area contributed by atoms with Crippen molar-refractivity contribution in [3.05, 3.63) is 53.6 Å². The molecule has 4 rings (SSSR count). The topological polar surface area (TPSA) is 44.8 Å². The van der Waals surface area contributed by atoms with Crippen molar-refractivity contribution in [1.29, 1.82) is 0 Å². The third-order valence-corrected chi connectivity index (χ3v) is 7.21. The summed E-state index contributed by atoms with van der Waals surface area (Å²) in [7, 11) is 1.62. The van der Waals surface area contributed by atoms with Gasteiger partial charge in [-0.05, 0) is 98.7 Å². The Morgan fingerprint density at radius 3 is 2.22 bits per heavy atom. The monoisotopic (exact) mass is 436 g/mol. The molecule has 32 heavy (non-hydrogen) atoms. The molecule has 0 atom stereocenters. The average molecular weight is 437 g/mol. The van der Waals surface area contributed by atoms with Gasteiger partial charge >= 0.3 is 5.97 Å². The van der Waals surface area contributed by atoms with Gasteiger partial charge in [-0.25, -0.2) is 0 Å². The molecule has 172 valence electrons. The molecule has 2 fully saturated rings. The van der Waals surface area contributed by atoms with Gasteiger partial charge < -0.3 is 14.2 Å². The van der Waals surface area contributed by atoms with E-state index >= 15 is 0 Å². The summed E-state index contributed by atoms with van der Waals surface area (Å²) in [6.07, 6.45) is 10.5. The number of esters is 1. The Morgan fingerprint density at radius 2 is 1.56 bits per heavy atom. The van der Waals surface area contributed by atoms with Crippen LogP contribution in [-0.4, -0.2) is 19.7 Å². The Kier molecular flexibility index (Phi) is 7.72. The summed E-state index contributed by atoms with van der Waals surface area (Å²) in [5.74, 6) is 3.42. The van der Waals surface area contributed by atoms with Gasteiger partial charge in [0, 0.05) is 0 Å². The van der Waals surface area contributed by atoms with Gasteiger partial charge in [0.15, 0.2) is 0 Å². The molecule has 2 saturated carbocycles. The fraction of sp³-hybridized carbons (Fsp3) is 0.536. The first kappa shape index (κ1) is 22.7. The molecule has 0 radical (unpaired) electrons. The van der Waals surface area contributed by atoms with Crippen molar-refractivity contribution in [2.45, 2.75) is 70.6 Å². The van der Waals surface area contributed by atoms with E-state index in [-0.39, 0.29) is 11.9 Å².